The van der Waals surface area contributed by atoms with E-state index in [0.29, 0.717) is 12.0 Å². The third kappa shape index (κ3) is 12.8. The van der Waals surface area contributed by atoms with E-state index in [-0.39, 0.29) is 0 Å². The summed E-state index contributed by atoms with van der Waals surface area (Å²) in [5, 5.41) is 0. The van der Waals surface area contributed by atoms with Crippen LogP contribution in [-0.2, 0) is 6.42 Å². The first-order valence-corrected chi connectivity index (χ1v) is 14.9. The van der Waals surface area contributed by atoms with Gasteiger partial charge < -0.3 is 4.57 Å². The number of aromatic nitrogens is 2. The molecule has 0 amide bonds. The SMILES string of the molecule is CCCCCCCCCCCC(Cc1ccccc1)C(CCCCCCCCC)n1ccnc1. The summed E-state index contributed by atoms with van der Waals surface area (Å²) in [6.45, 7) is 4.60. The molecular formula is C32H54N2. The van der Waals surface area contributed by atoms with Crippen LogP contribution < -0.4 is 0 Å². The van der Waals surface area contributed by atoms with Crippen molar-refractivity contribution in [1.29, 1.82) is 0 Å². The van der Waals surface area contributed by atoms with Crippen LogP contribution in [0.1, 0.15) is 141 Å². The smallest absolute Gasteiger partial charge is 0.0948 e. The van der Waals surface area contributed by atoms with Gasteiger partial charge in [0.15, 0.2) is 0 Å². The Morgan fingerprint density at radius 3 is 1.71 bits per heavy atom. The Labute approximate surface area is 212 Å². The number of hydrogen-bond donors (Lipinski definition) is 0. The molecule has 1 aromatic heterocycles. The highest BCUT2D eigenvalue weighted by Gasteiger charge is 2.23. The molecule has 2 rings (SSSR count). The van der Waals surface area contributed by atoms with Crippen LogP contribution in [0.5, 0.6) is 0 Å². The van der Waals surface area contributed by atoms with Gasteiger partial charge in [0.25, 0.3) is 0 Å². The van der Waals surface area contributed by atoms with E-state index in [4.69, 9.17) is 0 Å². The number of unbranched alkanes of at least 4 members (excludes halogenated alkanes) is 14. The molecule has 0 bridgehead atoms. The average Bonchev–Trinajstić information content (AvgIpc) is 3.39. The number of nitrogens with zero attached hydrogens (tertiary/aromatic N) is 2. The lowest BCUT2D eigenvalue weighted by Gasteiger charge is -2.29. The summed E-state index contributed by atoms with van der Waals surface area (Å²) in [7, 11) is 0. The fourth-order valence-corrected chi connectivity index (χ4v) is 5.47. The van der Waals surface area contributed by atoms with Crippen molar-refractivity contribution in [3.8, 4) is 0 Å². The number of rotatable bonds is 22. The predicted molar refractivity (Wildman–Crippen MR) is 149 cm³/mol. The third-order valence-corrected chi connectivity index (χ3v) is 7.57. The Kier molecular flexibility index (Phi) is 16.6. The molecule has 0 saturated heterocycles. The van der Waals surface area contributed by atoms with E-state index in [1.807, 2.05) is 6.20 Å². The van der Waals surface area contributed by atoms with Crippen molar-refractivity contribution in [2.75, 3.05) is 0 Å². The summed E-state index contributed by atoms with van der Waals surface area (Å²) < 4.78 is 2.43. The third-order valence-electron chi connectivity index (χ3n) is 7.57. The van der Waals surface area contributed by atoms with E-state index in [1.54, 1.807) is 0 Å². The van der Waals surface area contributed by atoms with Gasteiger partial charge >= 0.3 is 0 Å². The first-order chi connectivity index (χ1) is 16.8. The summed E-state index contributed by atoms with van der Waals surface area (Å²) in [6, 6.07) is 11.8. The Balaban J connectivity index is 1.86. The van der Waals surface area contributed by atoms with Gasteiger partial charge in [-0.05, 0) is 30.7 Å². The van der Waals surface area contributed by atoms with Crippen molar-refractivity contribution in [2.24, 2.45) is 5.92 Å². The summed E-state index contributed by atoms with van der Waals surface area (Å²) in [5.41, 5.74) is 1.49. The molecule has 34 heavy (non-hydrogen) atoms. The standard InChI is InChI=1S/C32H54N2/c1-3-5-7-9-11-12-14-15-20-24-31(28-30-22-18-17-19-23-30)32(34-27-26-33-29-34)25-21-16-13-10-8-6-4-2/h17-19,22-23,26-27,29,31-32H,3-16,20-21,24-25,28H2,1-2H3. The molecule has 2 aromatic rings. The van der Waals surface area contributed by atoms with Crippen LogP contribution in [0.3, 0.4) is 0 Å². The lowest BCUT2D eigenvalue weighted by molar-refractivity contribution is 0.275. The predicted octanol–water partition coefficient (Wildman–Crippen LogP) is 10.3. The second-order valence-corrected chi connectivity index (χ2v) is 10.6. The monoisotopic (exact) mass is 466 g/mol. The molecule has 0 spiro atoms. The minimum absolute atomic E-state index is 0.576. The molecule has 0 fully saturated rings. The van der Waals surface area contributed by atoms with E-state index < -0.39 is 0 Å². The van der Waals surface area contributed by atoms with Gasteiger partial charge in [-0.2, -0.15) is 0 Å². The van der Waals surface area contributed by atoms with E-state index in [9.17, 15) is 0 Å². The van der Waals surface area contributed by atoms with Crippen LogP contribution in [0.25, 0.3) is 0 Å². The maximum atomic E-state index is 4.42. The van der Waals surface area contributed by atoms with Crippen LogP contribution in [0.15, 0.2) is 49.1 Å². The minimum atomic E-state index is 0.576. The summed E-state index contributed by atoms with van der Waals surface area (Å²) in [4.78, 5) is 4.42. The molecule has 2 unspecified atom stereocenters. The topological polar surface area (TPSA) is 17.8 Å². The fourth-order valence-electron chi connectivity index (χ4n) is 5.47. The molecule has 2 nitrogen and oxygen atoms in total. The lowest BCUT2D eigenvalue weighted by Crippen LogP contribution is -2.21. The first-order valence-electron chi connectivity index (χ1n) is 14.9. The van der Waals surface area contributed by atoms with Crippen molar-refractivity contribution in [1.82, 2.24) is 9.55 Å². The summed E-state index contributed by atoms with van der Waals surface area (Å²) in [6.07, 6.45) is 32.4. The highest BCUT2D eigenvalue weighted by molar-refractivity contribution is 5.15. The zero-order valence-corrected chi connectivity index (χ0v) is 22.6. The zero-order chi connectivity index (χ0) is 24.1. The molecule has 1 aromatic carbocycles. The Morgan fingerprint density at radius 2 is 1.18 bits per heavy atom. The number of hydrogen-bond acceptors (Lipinski definition) is 1. The molecule has 0 aliphatic rings. The van der Waals surface area contributed by atoms with Crippen molar-refractivity contribution in [3.63, 3.8) is 0 Å². The molecule has 0 saturated carbocycles. The van der Waals surface area contributed by atoms with Crippen molar-refractivity contribution < 1.29 is 0 Å². The summed E-state index contributed by atoms with van der Waals surface area (Å²) in [5.74, 6) is 0.696. The van der Waals surface area contributed by atoms with Gasteiger partial charge in [-0.3, -0.25) is 0 Å². The van der Waals surface area contributed by atoms with Gasteiger partial charge in [0.05, 0.1) is 6.33 Å². The number of benzene rings is 1. The molecule has 0 aliphatic heterocycles. The molecule has 192 valence electrons. The van der Waals surface area contributed by atoms with Crippen LogP contribution in [0, 0.1) is 5.92 Å². The van der Waals surface area contributed by atoms with Crippen LogP contribution in [-0.4, -0.2) is 9.55 Å². The zero-order valence-electron chi connectivity index (χ0n) is 22.6. The van der Waals surface area contributed by atoms with Gasteiger partial charge in [0.2, 0.25) is 0 Å². The average molecular weight is 467 g/mol. The molecular weight excluding hydrogens is 412 g/mol. The van der Waals surface area contributed by atoms with E-state index in [1.165, 1.54) is 128 Å². The first kappa shape index (κ1) is 28.7. The van der Waals surface area contributed by atoms with Crippen molar-refractivity contribution >= 4 is 0 Å². The largest absolute Gasteiger partial charge is 0.334 e. The Hall–Kier alpha value is -1.57. The fraction of sp³-hybridized carbons (Fsp3) is 0.719. The van der Waals surface area contributed by atoms with Crippen molar-refractivity contribution in [3.05, 3.63) is 54.6 Å². The van der Waals surface area contributed by atoms with Gasteiger partial charge in [-0.25, -0.2) is 4.98 Å². The molecule has 0 aliphatic carbocycles. The maximum absolute atomic E-state index is 4.42. The highest BCUT2D eigenvalue weighted by atomic mass is 15.1. The molecule has 0 radical (unpaired) electrons. The molecule has 0 N–H and O–H groups in total. The normalized spacial score (nSPS) is 13.2. The molecule has 1 heterocycles. The van der Waals surface area contributed by atoms with E-state index >= 15 is 0 Å². The van der Waals surface area contributed by atoms with E-state index in [2.05, 4.69) is 66.3 Å². The second-order valence-electron chi connectivity index (χ2n) is 10.6. The van der Waals surface area contributed by atoms with Crippen LogP contribution >= 0.6 is 0 Å². The van der Waals surface area contributed by atoms with Gasteiger partial charge in [0.1, 0.15) is 0 Å². The highest BCUT2D eigenvalue weighted by Crippen LogP contribution is 2.32. The maximum Gasteiger partial charge on any atom is 0.0948 e. The summed E-state index contributed by atoms with van der Waals surface area (Å²) >= 11 is 0. The lowest BCUT2D eigenvalue weighted by atomic mass is 9.84. The van der Waals surface area contributed by atoms with Crippen LogP contribution in [0.2, 0.25) is 0 Å². The second kappa shape index (κ2) is 19.7. The van der Waals surface area contributed by atoms with E-state index in [0.717, 1.165) is 0 Å². The minimum Gasteiger partial charge on any atom is -0.334 e. The number of imidazole rings is 1. The molecule has 2 atom stereocenters. The quantitative estimate of drug-likeness (QED) is 0.158. The molecule has 2 heteroatoms. The van der Waals surface area contributed by atoms with Gasteiger partial charge in [-0.1, -0.05) is 147 Å². The van der Waals surface area contributed by atoms with Crippen LogP contribution in [0.4, 0.5) is 0 Å². The Morgan fingerprint density at radius 1 is 0.647 bits per heavy atom. The van der Waals surface area contributed by atoms with Gasteiger partial charge in [0, 0.05) is 18.4 Å². The Bertz CT molecular complexity index is 664. The van der Waals surface area contributed by atoms with Gasteiger partial charge in [-0.15, -0.1) is 0 Å². The van der Waals surface area contributed by atoms with Crippen molar-refractivity contribution in [2.45, 2.75) is 142 Å².